The molecule has 3 N–H and O–H groups in total. The van der Waals surface area contributed by atoms with Gasteiger partial charge in [0.15, 0.2) is 11.5 Å². The zero-order chi connectivity index (χ0) is 15.5. The van der Waals surface area contributed by atoms with Crippen molar-refractivity contribution in [3.8, 4) is 11.5 Å². The first kappa shape index (κ1) is 16.1. The molecular formula is C17H27NO3. The van der Waals surface area contributed by atoms with E-state index in [-0.39, 0.29) is 12.2 Å². The van der Waals surface area contributed by atoms with Crippen molar-refractivity contribution in [2.24, 2.45) is 5.73 Å². The van der Waals surface area contributed by atoms with Crippen LogP contribution in [-0.4, -0.2) is 29.5 Å². The Morgan fingerprint density at radius 3 is 2.86 bits per heavy atom. The van der Waals surface area contributed by atoms with Gasteiger partial charge in [0.2, 0.25) is 0 Å². The second-order valence-electron chi connectivity index (χ2n) is 6.61. The molecule has 1 heterocycles. The summed E-state index contributed by atoms with van der Waals surface area (Å²) in [5.41, 5.74) is 6.63. The van der Waals surface area contributed by atoms with Crippen LogP contribution in [0.4, 0.5) is 0 Å². The number of aliphatic hydroxyl groups excluding tert-OH is 1. The Hall–Kier alpha value is -1.26. The summed E-state index contributed by atoms with van der Waals surface area (Å²) in [6.07, 6.45) is 3.24. The molecule has 1 aromatic rings. The quantitative estimate of drug-likeness (QED) is 0.759. The summed E-state index contributed by atoms with van der Waals surface area (Å²) in [6, 6.07) is 6.04. The van der Waals surface area contributed by atoms with Crippen LogP contribution < -0.4 is 15.2 Å². The van der Waals surface area contributed by atoms with Gasteiger partial charge in [0.1, 0.15) is 5.60 Å². The highest BCUT2D eigenvalue weighted by Crippen LogP contribution is 2.41. The van der Waals surface area contributed by atoms with Crippen LogP contribution in [0.15, 0.2) is 18.2 Å². The minimum Gasteiger partial charge on any atom is -0.490 e. The second-order valence-corrected chi connectivity index (χ2v) is 6.61. The minimum absolute atomic E-state index is 0.0154. The van der Waals surface area contributed by atoms with Crippen molar-refractivity contribution in [2.45, 2.75) is 57.6 Å². The molecule has 1 aliphatic rings. The van der Waals surface area contributed by atoms with E-state index in [4.69, 9.17) is 15.2 Å². The topological polar surface area (TPSA) is 64.7 Å². The molecule has 0 radical (unpaired) electrons. The summed E-state index contributed by atoms with van der Waals surface area (Å²) in [6.45, 7) is 6.77. The van der Waals surface area contributed by atoms with Crippen LogP contribution in [0.25, 0.3) is 0 Å². The van der Waals surface area contributed by atoms with Gasteiger partial charge in [-0.15, -0.1) is 0 Å². The van der Waals surface area contributed by atoms with Crippen LogP contribution >= 0.6 is 0 Å². The average Bonchev–Trinajstić information content (AvgIpc) is 2.78. The first-order valence-corrected chi connectivity index (χ1v) is 7.72. The van der Waals surface area contributed by atoms with Crippen molar-refractivity contribution in [1.82, 2.24) is 0 Å². The first-order valence-electron chi connectivity index (χ1n) is 7.72. The first-order chi connectivity index (χ1) is 9.89. The zero-order valence-corrected chi connectivity index (χ0v) is 13.3. The van der Waals surface area contributed by atoms with Crippen molar-refractivity contribution in [2.75, 3.05) is 13.2 Å². The van der Waals surface area contributed by atoms with Crippen molar-refractivity contribution < 1.29 is 14.6 Å². The van der Waals surface area contributed by atoms with Crippen molar-refractivity contribution in [3.63, 3.8) is 0 Å². The lowest BCUT2D eigenvalue weighted by molar-refractivity contribution is 0.131. The second kappa shape index (κ2) is 6.24. The van der Waals surface area contributed by atoms with Gasteiger partial charge >= 0.3 is 0 Å². The molecular weight excluding hydrogens is 266 g/mol. The number of rotatable bonds is 7. The maximum absolute atomic E-state index is 9.30. The van der Waals surface area contributed by atoms with Crippen LogP contribution in [0, 0.1) is 0 Å². The number of aliphatic hydroxyl groups is 1. The molecule has 2 rings (SSSR count). The van der Waals surface area contributed by atoms with E-state index in [2.05, 4.69) is 19.9 Å². The van der Waals surface area contributed by atoms with Gasteiger partial charge in [-0.3, -0.25) is 0 Å². The molecule has 1 aromatic carbocycles. The Balaban J connectivity index is 1.90. The molecule has 118 valence electrons. The third-order valence-electron chi connectivity index (χ3n) is 4.15. The fourth-order valence-electron chi connectivity index (χ4n) is 2.68. The Kier molecular flexibility index (Phi) is 4.79. The number of hydrogen-bond acceptors (Lipinski definition) is 4. The normalized spacial score (nSPS) is 18.7. The molecule has 0 aliphatic carbocycles. The maximum Gasteiger partial charge on any atom is 0.165 e. The lowest BCUT2D eigenvalue weighted by Gasteiger charge is -2.25. The van der Waals surface area contributed by atoms with Crippen LogP contribution in [0.5, 0.6) is 11.5 Å². The third kappa shape index (κ3) is 3.89. The molecule has 0 saturated heterocycles. The van der Waals surface area contributed by atoms with Gasteiger partial charge in [-0.05, 0) is 39.2 Å². The summed E-state index contributed by atoms with van der Waals surface area (Å²) in [5, 5.41) is 9.30. The Morgan fingerprint density at radius 2 is 2.19 bits per heavy atom. The third-order valence-corrected chi connectivity index (χ3v) is 4.15. The number of nitrogens with two attached hydrogens (primary N) is 1. The number of ether oxygens (including phenoxy) is 2. The van der Waals surface area contributed by atoms with Crippen molar-refractivity contribution >= 4 is 0 Å². The summed E-state index contributed by atoms with van der Waals surface area (Å²) in [5.74, 6) is 1.68. The van der Waals surface area contributed by atoms with Crippen molar-refractivity contribution in [1.29, 1.82) is 0 Å². The largest absolute Gasteiger partial charge is 0.490 e. The smallest absolute Gasteiger partial charge is 0.165 e. The molecule has 0 fully saturated rings. The van der Waals surface area contributed by atoms with E-state index in [1.165, 1.54) is 5.56 Å². The molecule has 4 heteroatoms. The number of para-hydroxylation sites is 1. The highest BCUT2D eigenvalue weighted by Gasteiger charge is 2.32. The number of fused-ring (bicyclic) bond motifs is 1. The van der Waals surface area contributed by atoms with Gasteiger partial charge in [0.05, 0.1) is 13.2 Å². The fourth-order valence-corrected chi connectivity index (χ4v) is 2.68. The Labute approximate surface area is 127 Å². The van der Waals surface area contributed by atoms with Gasteiger partial charge < -0.3 is 20.3 Å². The lowest BCUT2D eigenvalue weighted by Crippen LogP contribution is -2.43. The predicted molar refractivity (Wildman–Crippen MR) is 83.9 cm³/mol. The summed E-state index contributed by atoms with van der Waals surface area (Å²) >= 11 is 0. The minimum atomic E-state index is -0.486. The molecule has 1 aliphatic heterocycles. The lowest BCUT2D eigenvalue weighted by atomic mass is 9.93. The summed E-state index contributed by atoms with van der Waals surface area (Å²) in [7, 11) is 0. The molecule has 0 amide bonds. The van der Waals surface area contributed by atoms with E-state index in [0.29, 0.717) is 6.61 Å². The molecule has 4 nitrogen and oxygen atoms in total. The van der Waals surface area contributed by atoms with Crippen LogP contribution in [0.3, 0.4) is 0 Å². The SMILES string of the molecule is CCC(N)(CO)CCCOc1cccc2c1OC(C)(C)C2. The van der Waals surface area contributed by atoms with Crippen LogP contribution in [0.2, 0.25) is 0 Å². The molecule has 1 unspecified atom stereocenters. The Bertz CT molecular complexity index is 481. The van der Waals surface area contributed by atoms with Gasteiger partial charge in [0.25, 0.3) is 0 Å². The van der Waals surface area contributed by atoms with Gasteiger partial charge in [-0.2, -0.15) is 0 Å². The number of benzene rings is 1. The monoisotopic (exact) mass is 293 g/mol. The van der Waals surface area contributed by atoms with E-state index >= 15 is 0 Å². The van der Waals surface area contributed by atoms with Gasteiger partial charge in [-0.25, -0.2) is 0 Å². The van der Waals surface area contributed by atoms with Crippen LogP contribution in [-0.2, 0) is 6.42 Å². The average molecular weight is 293 g/mol. The zero-order valence-electron chi connectivity index (χ0n) is 13.3. The number of hydrogen-bond donors (Lipinski definition) is 2. The van der Waals surface area contributed by atoms with E-state index < -0.39 is 5.54 Å². The molecule has 0 bridgehead atoms. The molecule has 0 saturated carbocycles. The predicted octanol–water partition coefficient (Wildman–Crippen LogP) is 2.66. The van der Waals surface area contributed by atoms with Gasteiger partial charge in [0, 0.05) is 17.5 Å². The molecule has 21 heavy (non-hydrogen) atoms. The maximum atomic E-state index is 9.30. The fraction of sp³-hybridized carbons (Fsp3) is 0.647. The van der Waals surface area contributed by atoms with E-state index in [1.807, 2.05) is 19.1 Å². The molecule has 0 aromatic heterocycles. The highest BCUT2D eigenvalue weighted by molar-refractivity contribution is 5.50. The van der Waals surface area contributed by atoms with Crippen molar-refractivity contribution in [3.05, 3.63) is 23.8 Å². The Morgan fingerprint density at radius 1 is 1.43 bits per heavy atom. The van der Waals surface area contributed by atoms with E-state index in [9.17, 15) is 5.11 Å². The molecule has 0 spiro atoms. The summed E-state index contributed by atoms with van der Waals surface area (Å²) < 4.78 is 11.8. The highest BCUT2D eigenvalue weighted by atomic mass is 16.5. The van der Waals surface area contributed by atoms with Crippen LogP contribution in [0.1, 0.15) is 45.6 Å². The van der Waals surface area contributed by atoms with Gasteiger partial charge in [-0.1, -0.05) is 19.1 Å². The standard InChI is InChI=1S/C17H27NO3/c1-4-17(18,12-19)9-6-10-20-14-8-5-7-13-11-16(2,3)21-15(13)14/h5,7-8,19H,4,6,9-12,18H2,1-3H3. The van der Waals surface area contributed by atoms with E-state index in [0.717, 1.165) is 37.2 Å². The van der Waals surface area contributed by atoms with E-state index in [1.54, 1.807) is 0 Å². The molecule has 1 atom stereocenters. The summed E-state index contributed by atoms with van der Waals surface area (Å²) in [4.78, 5) is 0.